The van der Waals surface area contributed by atoms with Gasteiger partial charge >= 0.3 is 6.18 Å². The molecular weight excluding hydrogens is 463 g/mol. The van der Waals surface area contributed by atoms with E-state index in [-0.39, 0.29) is 54.1 Å². The van der Waals surface area contributed by atoms with Gasteiger partial charge in [0.1, 0.15) is 5.78 Å². The summed E-state index contributed by atoms with van der Waals surface area (Å²) in [6, 6.07) is 3.86. The van der Waals surface area contributed by atoms with E-state index < -0.39 is 32.2 Å². The van der Waals surface area contributed by atoms with E-state index in [4.69, 9.17) is 0 Å². The Morgan fingerprint density at radius 2 is 1.70 bits per heavy atom. The highest BCUT2D eigenvalue weighted by molar-refractivity contribution is 7.92. The molecule has 186 valence electrons. The standard InChI is InChI=1S/C24H31F5O3S/c1-22(2,33(31,32)20-7-4-6-18(15-20)24(27,28)29)19-13-16(14-19)5-3-8-21(30)17-9-11-23(25,26)12-10-17/h4,6-7,15-17,19H,3,5,8-14H2,1-2H3. The molecule has 0 N–H and O–H groups in total. The van der Waals surface area contributed by atoms with Crippen molar-refractivity contribution < 1.29 is 35.2 Å². The van der Waals surface area contributed by atoms with Gasteiger partial charge in [-0.05, 0) is 76.0 Å². The molecule has 33 heavy (non-hydrogen) atoms. The molecule has 2 saturated carbocycles. The number of alkyl halides is 5. The Labute approximate surface area is 192 Å². The third-order valence-electron chi connectivity index (χ3n) is 7.59. The molecule has 0 bridgehead atoms. The van der Waals surface area contributed by atoms with Crippen LogP contribution in [0.5, 0.6) is 0 Å². The third-order valence-corrected chi connectivity index (χ3v) is 10.2. The topological polar surface area (TPSA) is 51.2 Å². The second-order valence-corrected chi connectivity index (χ2v) is 12.7. The number of hydrogen-bond acceptors (Lipinski definition) is 3. The van der Waals surface area contributed by atoms with Crippen molar-refractivity contribution in [3.05, 3.63) is 29.8 Å². The summed E-state index contributed by atoms with van der Waals surface area (Å²) in [5.41, 5.74) is -0.989. The summed E-state index contributed by atoms with van der Waals surface area (Å²) in [6.45, 7) is 3.12. The van der Waals surface area contributed by atoms with Gasteiger partial charge in [0.25, 0.3) is 0 Å². The van der Waals surface area contributed by atoms with Gasteiger partial charge in [0.2, 0.25) is 5.92 Å². The van der Waals surface area contributed by atoms with Gasteiger partial charge in [-0.1, -0.05) is 12.5 Å². The van der Waals surface area contributed by atoms with E-state index in [9.17, 15) is 35.2 Å². The van der Waals surface area contributed by atoms with Crippen molar-refractivity contribution in [2.45, 2.75) is 93.4 Å². The number of benzene rings is 1. The number of rotatable bonds is 8. The quantitative estimate of drug-likeness (QED) is 0.372. The van der Waals surface area contributed by atoms with Crippen molar-refractivity contribution in [2.75, 3.05) is 0 Å². The summed E-state index contributed by atoms with van der Waals surface area (Å²) >= 11 is 0. The van der Waals surface area contributed by atoms with Crippen molar-refractivity contribution in [3.63, 3.8) is 0 Å². The van der Waals surface area contributed by atoms with Crippen molar-refractivity contribution in [3.8, 4) is 0 Å². The Kier molecular flexibility index (Phi) is 7.33. The fraction of sp³-hybridized carbons (Fsp3) is 0.708. The van der Waals surface area contributed by atoms with Crippen LogP contribution < -0.4 is 0 Å². The van der Waals surface area contributed by atoms with Crippen molar-refractivity contribution in [2.24, 2.45) is 17.8 Å². The first-order valence-corrected chi connectivity index (χ1v) is 12.9. The van der Waals surface area contributed by atoms with Gasteiger partial charge in [-0.25, -0.2) is 17.2 Å². The fourth-order valence-electron chi connectivity index (χ4n) is 5.03. The summed E-state index contributed by atoms with van der Waals surface area (Å²) in [4.78, 5) is 12.0. The summed E-state index contributed by atoms with van der Waals surface area (Å²) < 4.78 is 90.6. The molecule has 0 amide bonds. The molecule has 2 fully saturated rings. The van der Waals surface area contributed by atoms with Gasteiger partial charge in [-0.2, -0.15) is 13.2 Å². The summed E-state index contributed by atoms with van der Waals surface area (Å²) in [7, 11) is -3.98. The van der Waals surface area contributed by atoms with E-state index in [0.717, 1.165) is 18.6 Å². The van der Waals surface area contributed by atoms with Crippen LogP contribution in [0, 0.1) is 17.8 Å². The Bertz CT molecular complexity index is 953. The third kappa shape index (κ3) is 5.77. The van der Waals surface area contributed by atoms with Crippen LogP contribution in [0.2, 0.25) is 0 Å². The Balaban J connectivity index is 1.50. The maximum atomic E-state index is 13.2. The monoisotopic (exact) mass is 494 g/mol. The molecule has 9 heteroatoms. The molecule has 0 atom stereocenters. The molecule has 0 heterocycles. The molecule has 1 aromatic rings. The lowest BCUT2D eigenvalue weighted by molar-refractivity contribution is -0.137. The minimum atomic E-state index is -4.62. The van der Waals surface area contributed by atoms with Crippen LogP contribution >= 0.6 is 0 Å². The van der Waals surface area contributed by atoms with E-state index in [2.05, 4.69) is 0 Å². The number of Topliss-reactive ketones (excluding diaryl/α,β-unsaturated/α-hetero) is 1. The molecule has 0 radical (unpaired) electrons. The highest BCUT2D eigenvalue weighted by Gasteiger charge is 2.48. The molecule has 3 nitrogen and oxygen atoms in total. The number of halogens is 5. The summed E-state index contributed by atoms with van der Waals surface area (Å²) in [6.07, 6.45) is -1.60. The predicted octanol–water partition coefficient (Wildman–Crippen LogP) is 6.85. The highest BCUT2D eigenvalue weighted by atomic mass is 32.2. The SMILES string of the molecule is CC(C)(C1CC(CCCC(=O)C2CCC(F)(F)CC2)C1)S(=O)(=O)c1cccc(C(F)(F)F)c1. The Morgan fingerprint density at radius 1 is 1.09 bits per heavy atom. The minimum Gasteiger partial charge on any atom is -0.299 e. The zero-order chi connectivity index (χ0) is 24.7. The van der Waals surface area contributed by atoms with E-state index in [1.807, 2.05) is 0 Å². The number of sulfone groups is 1. The van der Waals surface area contributed by atoms with Gasteiger partial charge in [0.15, 0.2) is 9.84 Å². The van der Waals surface area contributed by atoms with Crippen LogP contribution in [0.1, 0.15) is 77.2 Å². The largest absolute Gasteiger partial charge is 0.416 e. The van der Waals surface area contributed by atoms with Crippen LogP contribution in [-0.2, 0) is 20.8 Å². The van der Waals surface area contributed by atoms with Crippen LogP contribution in [-0.4, -0.2) is 24.9 Å². The number of carbonyl (C=O) groups is 1. The van der Waals surface area contributed by atoms with E-state index in [1.165, 1.54) is 6.07 Å². The first-order chi connectivity index (χ1) is 15.1. The number of hydrogen-bond donors (Lipinski definition) is 0. The lowest BCUT2D eigenvalue weighted by Crippen LogP contribution is -2.46. The zero-order valence-corrected chi connectivity index (χ0v) is 19.7. The molecule has 2 aliphatic carbocycles. The molecule has 0 saturated heterocycles. The lowest BCUT2D eigenvalue weighted by Gasteiger charge is -2.45. The molecule has 0 unspecified atom stereocenters. The Hall–Kier alpha value is -1.51. The van der Waals surface area contributed by atoms with E-state index in [1.54, 1.807) is 13.8 Å². The number of ketones is 1. The fourth-order valence-corrected chi connectivity index (χ4v) is 6.81. The normalized spacial score (nSPS) is 24.3. The second kappa shape index (κ2) is 9.27. The minimum absolute atomic E-state index is 0.0360. The van der Waals surface area contributed by atoms with Crippen LogP contribution in [0.4, 0.5) is 22.0 Å². The first kappa shape index (κ1) is 26.1. The molecule has 2 aliphatic rings. The van der Waals surface area contributed by atoms with Gasteiger partial charge in [-0.15, -0.1) is 0 Å². The zero-order valence-electron chi connectivity index (χ0n) is 18.9. The molecular formula is C24H31F5O3S. The van der Waals surface area contributed by atoms with E-state index in [0.29, 0.717) is 31.7 Å². The van der Waals surface area contributed by atoms with Crippen molar-refractivity contribution in [1.29, 1.82) is 0 Å². The predicted molar refractivity (Wildman–Crippen MR) is 115 cm³/mol. The molecule has 3 rings (SSSR count). The maximum Gasteiger partial charge on any atom is 0.416 e. The average Bonchev–Trinajstić information content (AvgIpc) is 2.68. The van der Waals surface area contributed by atoms with Gasteiger partial charge in [0, 0.05) is 25.2 Å². The summed E-state index contributed by atoms with van der Waals surface area (Å²) in [5, 5.41) is 0. The number of carbonyl (C=O) groups excluding carboxylic acids is 1. The first-order valence-electron chi connectivity index (χ1n) is 11.5. The smallest absolute Gasteiger partial charge is 0.299 e. The Morgan fingerprint density at radius 3 is 2.27 bits per heavy atom. The summed E-state index contributed by atoms with van der Waals surface area (Å²) in [5.74, 6) is -2.82. The van der Waals surface area contributed by atoms with Gasteiger partial charge < -0.3 is 0 Å². The van der Waals surface area contributed by atoms with E-state index >= 15 is 0 Å². The van der Waals surface area contributed by atoms with Gasteiger partial charge in [0.05, 0.1) is 15.2 Å². The van der Waals surface area contributed by atoms with Gasteiger partial charge in [-0.3, -0.25) is 4.79 Å². The van der Waals surface area contributed by atoms with Crippen LogP contribution in [0.25, 0.3) is 0 Å². The highest BCUT2D eigenvalue weighted by Crippen LogP contribution is 2.48. The van der Waals surface area contributed by atoms with Crippen molar-refractivity contribution >= 4 is 15.6 Å². The average molecular weight is 495 g/mol. The molecule has 0 aromatic heterocycles. The maximum absolute atomic E-state index is 13.2. The lowest BCUT2D eigenvalue weighted by atomic mass is 9.67. The second-order valence-electron chi connectivity index (χ2n) is 10.2. The molecule has 1 aromatic carbocycles. The van der Waals surface area contributed by atoms with Crippen molar-refractivity contribution in [1.82, 2.24) is 0 Å². The molecule has 0 aliphatic heterocycles. The van der Waals surface area contributed by atoms with Crippen LogP contribution in [0.3, 0.4) is 0 Å². The van der Waals surface area contributed by atoms with Crippen LogP contribution in [0.15, 0.2) is 29.2 Å². The molecule has 0 spiro atoms.